The van der Waals surface area contributed by atoms with Crippen molar-refractivity contribution < 1.29 is 0 Å². The minimum absolute atomic E-state index is 0.492. The molecule has 0 aliphatic carbocycles. The number of aromatic amines is 1. The molecule has 9 heteroatoms. The summed E-state index contributed by atoms with van der Waals surface area (Å²) in [5.41, 5.74) is 2.81. The summed E-state index contributed by atoms with van der Waals surface area (Å²) in [6.07, 6.45) is 5.70. The number of fused-ring (bicyclic) bond motifs is 2. The number of hydrogen-bond donors (Lipinski definition) is 1. The van der Waals surface area contributed by atoms with Crippen LogP contribution in [0.3, 0.4) is 0 Å². The van der Waals surface area contributed by atoms with E-state index in [9.17, 15) is 0 Å². The minimum Gasteiger partial charge on any atom is -0.346 e. The topological polar surface area (TPSA) is 70.6 Å². The number of aromatic nitrogens is 5. The van der Waals surface area contributed by atoms with Crippen LogP contribution in [0.2, 0.25) is 10.3 Å². The molecule has 0 saturated carbocycles. The zero-order valence-electron chi connectivity index (χ0n) is 10.6. The van der Waals surface area contributed by atoms with Gasteiger partial charge in [-0.05, 0) is 6.07 Å². The maximum absolute atomic E-state index is 5.87. The van der Waals surface area contributed by atoms with Gasteiger partial charge < -0.3 is 8.10 Å². The third kappa shape index (κ3) is 3.04. The van der Waals surface area contributed by atoms with Crippen LogP contribution in [0.4, 0.5) is 5.69 Å². The van der Waals surface area contributed by atoms with Crippen LogP contribution in [-0.2, 0) is 6.42 Å². The highest BCUT2D eigenvalue weighted by Crippen LogP contribution is 2.33. The number of anilines is 1. The lowest BCUT2D eigenvalue weighted by molar-refractivity contribution is 1.01. The lowest BCUT2D eigenvalue weighted by Gasteiger charge is -2.08. The van der Waals surface area contributed by atoms with E-state index in [-0.39, 0.29) is 0 Å². The van der Waals surface area contributed by atoms with E-state index >= 15 is 0 Å². The lowest BCUT2D eigenvalue weighted by Crippen LogP contribution is -2.04. The van der Waals surface area contributed by atoms with Gasteiger partial charge in [-0.25, -0.2) is 19.9 Å². The van der Waals surface area contributed by atoms with Gasteiger partial charge in [0.2, 0.25) is 0 Å². The Morgan fingerprint density at radius 1 is 1.10 bits per heavy atom. The number of halogens is 3. The molecular formula is C12H9Cl2IN6. The highest BCUT2D eigenvalue weighted by molar-refractivity contribution is 14.1. The fourth-order valence-corrected chi connectivity index (χ4v) is 3.31. The van der Waals surface area contributed by atoms with E-state index in [0.717, 1.165) is 35.4 Å². The predicted molar refractivity (Wildman–Crippen MR) is 91.0 cm³/mol. The molecule has 1 N–H and O–H groups in total. The van der Waals surface area contributed by atoms with Crippen LogP contribution in [0.25, 0.3) is 11.0 Å². The Kier molecular flexibility index (Phi) is 4.41. The average molecular weight is 435 g/mol. The standard InChI is InChI=1S/C6H5ClIN3.C6H4ClN3/c7-6-5-4(9-3-10-6)1-2-11(5)8;7-5-4-1-2-8-6(4)10-3-9-5/h3H,1-2H2;1-3H,(H,8,9,10). The summed E-state index contributed by atoms with van der Waals surface area (Å²) >= 11 is 13.8. The van der Waals surface area contributed by atoms with Gasteiger partial charge in [0.25, 0.3) is 0 Å². The van der Waals surface area contributed by atoms with Crippen molar-refractivity contribution in [1.29, 1.82) is 0 Å². The Bertz CT molecular complexity index is 777. The quantitative estimate of drug-likeness (QED) is 0.333. The van der Waals surface area contributed by atoms with Gasteiger partial charge in [-0.2, -0.15) is 0 Å². The smallest absolute Gasteiger partial charge is 0.156 e. The van der Waals surface area contributed by atoms with Gasteiger partial charge >= 0.3 is 0 Å². The summed E-state index contributed by atoms with van der Waals surface area (Å²) in [6.45, 7) is 0.980. The molecule has 0 bridgehead atoms. The van der Waals surface area contributed by atoms with Crippen molar-refractivity contribution in [3.05, 3.63) is 40.9 Å². The second-order valence-corrected chi connectivity index (χ2v) is 6.08. The Labute approximate surface area is 144 Å². The Balaban J connectivity index is 0.000000126. The molecule has 3 aromatic heterocycles. The van der Waals surface area contributed by atoms with Crippen LogP contribution < -0.4 is 3.11 Å². The van der Waals surface area contributed by atoms with Crippen molar-refractivity contribution in [2.45, 2.75) is 6.42 Å². The molecule has 0 radical (unpaired) electrons. The molecule has 21 heavy (non-hydrogen) atoms. The zero-order valence-corrected chi connectivity index (χ0v) is 14.3. The Hall–Kier alpha value is -1.19. The van der Waals surface area contributed by atoms with Crippen LogP contribution in [0.15, 0.2) is 24.9 Å². The van der Waals surface area contributed by atoms with Gasteiger partial charge in [0.05, 0.1) is 33.9 Å². The highest BCUT2D eigenvalue weighted by atomic mass is 127. The molecule has 6 nitrogen and oxygen atoms in total. The summed E-state index contributed by atoms with van der Waals surface area (Å²) in [4.78, 5) is 18.7. The molecule has 0 atom stereocenters. The van der Waals surface area contributed by atoms with Crippen LogP contribution in [0.1, 0.15) is 5.69 Å². The second-order valence-electron chi connectivity index (χ2n) is 4.20. The number of rotatable bonds is 0. The zero-order chi connectivity index (χ0) is 14.8. The monoisotopic (exact) mass is 434 g/mol. The van der Waals surface area contributed by atoms with E-state index in [1.54, 1.807) is 6.20 Å². The minimum atomic E-state index is 0.492. The van der Waals surface area contributed by atoms with E-state index in [2.05, 4.69) is 50.9 Å². The fourth-order valence-electron chi connectivity index (χ4n) is 1.97. The molecule has 4 rings (SSSR count). The molecule has 0 saturated heterocycles. The SMILES string of the molecule is Clc1ncnc2[nH]ccc12.Clc1ncnc2c1N(I)CC2. The van der Waals surface area contributed by atoms with Gasteiger partial charge in [0.15, 0.2) is 5.15 Å². The van der Waals surface area contributed by atoms with E-state index in [0.29, 0.717) is 10.3 Å². The van der Waals surface area contributed by atoms with Crippen LogP contribution in [0.5, 0.6) is 0 Å². The highest BCUT2D eigenvalue weighted by Gasteiger charge is 2.21. The summed E-state index contributed by atoms with van der Waals surface area (Å²) in [7, 11) is 0. The van der Waals surface area contributed by atoms with Crippen LogP contribution >= 0.6 is 46.1 Å². The van der Waals surface area contributed by atoms with Gasteiger partial charge in [-0.1, -0.05) is 23.2 Å². The molecule has 4 heterocycles. The van der Waals surface area contributed by atoms with Crippen molar-refractivity contribution in [2.24, 2.45) is 0 Å². The van der Waals surface area contributed by atoms with Crippen molar-refractivity contribution >= 4 is 62.8 Å². The van der Waals surface area contributed by atoms with E-state index in [4.69, 9.17) is 23.2 Å². The van der Waals surface area contributed by atoms with E-state index in [1.165, 1.54) is 12.7 Å². The Morgan fingerprint density at radius 2 is 1.86 bits per heavy atom. The summed E-state index contributed by atoms with van der Waals surface area (Å²) in [5.74, 6) is 0. The molecular weight excluding hydrogens is 426 g/mol. The predicted octanol–water partition coefficient (Wildman–Crippen LogP) is 3.45. The molecule has 1 aliphatic heterocycles. The van der Waals surface area contributed by atoms with E-state index < -0.39 is 0 Å². The van der Waals surface area contributed by atoms with Crippen molar-refractivity contribution in [1.82, 2.24) is 24.9 Å². The summed E-state index contributed by atoms with van der Waals surface area (Å²) in [5, 5.41) is 1.91. The fraction of sp³-hybridized carbons (Fsp3) is 0.167. The number of nitrogens with one attached hydrogen (secondary N) is 1. The van der Waals surface area contributed by atoms with Gasteiger partial charge in [0, 0.05) is 19.2 Å². The molecule has 1 aliphatic rings. The number of H-pyrrole nitrogens is 1. The first kappa shape index (κ1) is 14.7. The molecule has 3 aromatic rings. The molecule has 0 aromatic carbocycles. The molecule has 0 fully saturated rings. The number of hydrogen-bond acceptors (Lipinski definition) is 5. The molecule has 108 valence electrons. The molecule has 0 spiro atoms. The van der Waals surface area contributed by atoms with Crippen LogP contribution in [0, 0.1) is 0 Å². The van der Waals surface area contributed by atoms with Crippen molar-refractivity contribution in [2.75, 3.05) is 9.66 Å². The second kappa shape index (κ2) is 6.29. The van der Waals surface area contributed by atoms with Gasteiger partial charge in [-0.3, -0.25) is 0 Å². The normalized spacial score (nSPS) is 13.0. The molecule has 0 amide bonds. The maximum Gasteiger partial charge on any atom is 0.156 e. The molecule has 0 unspecified atom stereocenters. The first-order valence-electron chi connectivity index (χ1n) is 6.03. The largest absolute Gasteiger partial charge is 0.346 e. The summed E-state index contributed by atoms with van der Waals surface area (Å²) in [6, 6.07) is 1.84. The van der Waals surface area contributed by atoms with Gasteiger partial charge in [-0.15, -0.1) is 0 Å². The average Bonchev–Trinajstić information content (AvgIpc) is 3.08. The Morgan fingerprint density at radius 3 is 2.62 bits per heavy atom. The number of nitrogens with zero attached hydrogens (tertiary/aromatic N) is 5. The van der Waals surface area contributed by atoms with Gasteiger partial charge in [0.1, 0.15) is 29.1 Å². The van der Waals surface area contributed by atoms with Crippen molar-refractivity contribution in [3.8, 4) is 0 Å². The van der Waals surface area contributed by atoms with Crippen LogP contribution in [-0.4, -0.2) is 31.5 Å². The lowest BCUT2D eigenvalue weighted by atomic mass is 10.3. The third-order valence-corrected chi connectivity index (χ3v) is 4.49. The van der Waals surface area contributed by atoms with Crippen molar-refractivity contribution in [3.63, 3.8) is 0 Å². The first-order valence-corrected chi connectivity index (χ1v) is 7.75. The van der Waals surface area contributed by atoms with E-state index in [1.807, 2.05) is 6.07 Å². The third-order valence-electron chi connectivity index (χ3n) is 2.95. The first-order chi connectivity index (χ1) is 10.2. The maximum atomic E-state index is 5.87. The summed E-state index contributed by atoms with van der Waals surface area (Å²) < 4.78 is 2.05.